The van der Waals surface area contributed by atoms with E-state index in [1.165, 1.54) is 0 Å². The zero-order valence-electron chi connectivity index (χ0n) is 10.2. The van der Waals surface area contributed by atoms with Gasteiger partial charge < -0.3 is 4.90 Å². The number of nitrogens with zero attached hydrogens (tertiary/aromatic N) is 2. The molecular formula is C10H22N2O2S. The van der Waals surface area contributed by atoms with Crippen LogP contribution in [0.25, 0.3) is 0 Å². The van der Waals surface area contributed by atoms with Gasteiger partial charge in [-0.05, 0) is 34.2 Å². The molecule has 0 radical (unpaired) electrons. The van der Waals surface area contributed by atoms with Crippen molar-refractivity contribution in [2.45, 2.75) is 32.7 Å². The highest BCUT2D eigenvalue weighted by molar-refractivity contribution is 7.89. The van der Waals surface area contributed by atoms with Crippen molar-refractivity contribution in [2.24, 2.45) is 0 Å². The standard InChI is InChI=1S/C10H22N2O2S/c1-10(2,3)11(4)7-8-12-6-5-9-15(12,13)14/h5-9H2,1-4H3. The predicted octanol–water partition coefficient (Wildman–Crippen LogP) is 0.752. The van der Waals surface area contributed by atoms with Crippen LogP contribution < -0.4 is 0 Å². The number of hydrogen-bond acceptors (Lipinski definition) is 3. The Bertz CT molecular complexity index is 306. The fourth-order valence-corrected chi connectivity index (χ4v) is 3.06. The highest BCUT2D eigenvalue weighted by Crippen LogP contribution is 2.15. The summed E-state index contributed by atoms with van der Waals surface area (Å²) in [6, 6.07) is 0. The van der Waals surface area contributed by atoms with Gasteiger partial charge in [0.05, 0.1) is 5.75 Å². The Labute approximate surface area is 93.3 Å². The van der Waals surface area contributed by atoms with Crippen molar-refractivity contribution >= 4 is 10.0 Å². The minimum absolute atomic E-state index is 0.101. The summed E-state index contributed by atoms with van der Waals surface area (Å²) in [5, 5.41) is 0. The van der Waals surface area contributed by atoms with Crippen LogP contribution in [0.3, 0.4) is 0 Å². The maximum atomic E-state index is 11.5. The van der Waals surface area contributed by atoms with E-state index in [1.807, 2.05) is 7.05 Å². The van der Waals surface area contributed by atoms with Crippen LogP contribution in [-0.2, 0) is 10.0 Å². The van der Waals surface area contributed by atoms with Gasteiger partial charge in [0.2, 0.25) is 10.0 Å². The van der Waals surface area contributed by atoms with Crippen LogP contribution in [0.15, 0.2) is 0 Å². The average molecular weight is 234 g/mol. The van der Waals surface area contributed by atoms with Crippen molar-refractivity contribution < 1.29 is 8.42 Å². The van der Waals surface area contributed by atoms with Gasteiger partial charge >= 0.3 is 0 Å². The van der Waals surface area contributed by atoms with Crippen LogP contribution in [-0.4, -0.2) is 55.6 Å². The molecule has 0 saturated carbocycles. The summed E-state index contributed by atoms with van der Waals surface area (Å²) in [6.45, 7) is 8.50. The zero-order chi connectivity index (χ0) is 11.7. The highest BCUT2D eigenvalue weighted by atomic mass is 32.2. The first-order valence-corrected chi connectivity index (χ1v) is 7.03. The molecular weight excluding hydrogens is 212 g/mol. The van der Waals surface area contributed by atoms with Crippen molar-refractivity contribution in [3.63, 3.8) is 0 Å². The second-order valence-electron chi connectivity index (χ2n) is 5.16. The Morgan fingerprint density at radius 2 is 1.93 bits per heavy atom. The molecule has 1 saturated heterocycles. The molecule has 0 aromatic heterocycles. The minimum atomic E-state index is -2.92. The summed E-state index contributed by atoms with van der Waals surface area (Å²) in [5.74, 6) is 0.326. The van der Waals surface area contributed by atoms with Gasteiger partial charge in [-0.3, -0.25) is 0 Å². The quantitative estimate of drug-likeness (QED) is 0.723. The van der Waals surface area contributed by atoms with Gasteiger partial charge in [-0.25, -0.2) is 12.7 Å². The van der Waals surface area contributed by atoms with Gasteiger partial charge in [-0.2, -0.15) is 0 Å². The molecule has 1 rings (SSSR count). The zero-order valence-corrected chi connectivity index (χ0v) is 11.0. The van der Waals surface area contributed by atoms with Crippen LogP contribution in [0.2, 0.25) is 0 Å². The summed E-state index contributed by atoms with van der Waals surface area (Å²) in [6.07, 6.45) is 0.779. The average Bonchev–Trinajstić information content (AvgIpc) is 2.39. The van der Waals surface area contributed by atoms with E-state index in [0.29, 0.717) is 18.8 Å². The van der Waals surface area contributed by atoms with Crippen molar-refractivity contribution in [2.75, 3.05) is 32.4 Å². The van der Waals surface area contributed by atoms with E-state index in [0.717, 1.165) is 13.0 Å². The first-order chi connectivity index (χ1) is 6.73. The molecule has 5 heteroatoms. The number of hydrogen-bond donors (Lipinski definition) is 0. The summed E-state index contributed by atoms with van der Waals surface area (Å²) in [5.41, 5.74) is 0.101. The lowest BCUT2D eigenvalue weighted by atomic mass is 10.1. The Morgan fingerprint density at radius 3 is 2.33 bits per heavy atom. The topological polar surface area (TPSA) is 40.6 Å². The molecule has 1 fully saturated rings. The lowest BCUT2D eigenvalue weighted by Crippen LogP contribution is -2.43. The molecule has 0 amide bonds. The monoisotopic (exact) mass is 234 g/mol. The normalized spacial score (nSPS) is 22.5. The van der Waals surface area contributed by atoms with Gasteiger partial charge in [0.25, 0.3) is 0 Å². The van der Waals surface area contributed by atoms with E-state index in [2.05, 4.69) is 25.7 Å². The molecule has 0 aromatic rings. The number of likely N-dealkylation sites (N-methyl/N-ethyl adjacent to an activating group) is 1. The molecule has 0 aromatic carbocycles. The molecule has 1 aliphatic heterocycles. The third-order valence-electron chi connectivity index (χ3n) is 3.03. The van der Waals surface area contributed by atoms with E-state index in [1.54, 1.807) is 4.31 Å². The Hall–Kier alpha value is -0.130. The van der Waals surface area contributed by atoms with E-state index < -0.39 is 10.0 Å². The van der Waals surface area contributed by atoms with E-state index >= 15 is 0 Å². The lowest BCUT2D eigenvalue weighted by molar-refractivity contribution is 0.166. The SMILES string of the molecule is CN(CCN1CCCS1(=O)=O)C(C)(C)C. The van der Waals surface area contributed by atoms with Crippen LogP contribution in [0, 0.1) is 0 Å². The molecule has 0 atom stereocenters. The van der Waals surface area contributed by atoms with E-state index in [-0.39, 0.29) is 5.54 Å². The first kappa shape index (κ1) is 12.9. The van der Waals surface area contributed by atoms with E-state index in [4.69, 9.17) is 0 Å². The van der Waals surface area contributed by atoms with Gasteiger partial charge in [-0.1, -0.05) is 0 Å². The van der Waals surface area contributed by atoms with Crippen LogP contribution in [0.1, 0.15) is 27.2 Å². The fraction of sp³-hybridized carbons (Fsp3) is 1.00. The summed E-state index contributed by atoms with van der Waals surface area (Å²) in [4.78, 5) is 2.18. The minimum Gasteiger partial charge on any atom is -0.300 e. The predicted molar refractivity (Wildman–Crippen MR) is 62.4 cm³/mol. The Morgan fingerprint density at radius 1 is 1.33 bits per heavy atom. The molecule has 1 heterocycles. The van der Waals surface area contributed by atoms with Crippen LogP contribution >= 0.6 is 0 Å². The molecule has 1 aliphatic rings. The third-order valence-corrected chi connectivity index (χ3v) is 4.99. The van der Waals surface area contributed by atoms with Crippen molar-refractivity contribution in [1.29, 1.82) is 0 Å². The lowest BCUT2D eigenvalue weighted by Gasteiger charge is -2.32. The second kappa shape index (κ2) is 4.39. The molecule has 0 aliphatic carbocycles. The van der Waals surface area contributed by atoms with Gasteiger partial charge in [0.1, 0.15) is 0 Å². The Kier molecular flexibility index (Phi) is 3.79. The molecule has 4 nitrogen and oxygen atoms in total. The maximum Gasteiger partial charge on any atom is 0.214 e. The summed E-state index contributed by atoms with van der Waals surface area (Å²) in [7, 11) is -0.891. The van der Waals surface area contributed by atoms with Crippen molar-refractivity contribution in [3.05, 3.63) is 0 Å². The molecule has 0 bridgehead atoms. The molecule has 0 N–H and O–H groups in total. The smallest absolute Gasteiger partial charge is 0.214 e. The van der Waals surface area contributed by atoms with E-state index in [9.17, 15) is 8.42 Å². The highest BCUT2D eigenvalue weighted by Gasteiger charge is 2.28. The largest absolute Gasteiger partial charge is 0.300 e. The molecule has 0 spiro atoms. The number of rotatable bonds is 3. The summed E-state index contributed by atoms with van der Waals surface area (Å²) < 4.78 is 24.7. The summed E-state index contributed by atoms with van der Waals surface area (Å²) >= 11 is 0. The van der Waals surface area contributed by atoms with Crippen molar-refractivity contribution in [1.82, 2.24) is 9.21 Å². The van der Waals surface area contributed by atoms with Gasteiger partial charge in [0, 0.05) is 25.2 Å². The fourth-order valence-electron chi connectivity index (χ4n) is 1.54. The van der Waals surface area contributed by atoms with Crippen molar-refractivity contribution in [3.8, 4) is 0 Å². The number of sulfonamides is 1. The Balaban J connectivity index is 2.45. The van der Waals surface area contributed by atoms with Gasteiger partial charge in [-0.15, -0.1) is 0 Å². The van der Waals surface area contributed by atoms with Gasteiger partial charge in [0.15, 0.2) is 0 Å². The third kappa shape index (κ3) is 3.43. The second-order valence-corrected chi connectivity index (χ2v) is 7.25. The first-order valence-electron chi connectivity index (χ1n) is 5.42. The molecule has 90 valence electrons. The van der Waals surface area contributed by atoms with Crippen LogP contribution in [0.4, 0.5) is 0 Å². The molecule has 0 unspecified atom stereocenters. The maximum absolute atomic E-state index is 11.5. The molecule has 15 heavy (non-hydrogen) atoms. The van der Waals surface area contributed by atoms with Crippen LogP contribution in [0.5, 0.6) is 0 Å².